The lowest BCUT2D eigenvalue weighted by Gasteiger charge is -2.28. The average Bonchev–Trinajstić information content (AvgIpc) is 3.07. The molecule has 3 nitrogen and oxygen atoms in total. The minimum atomic E-state index is 0.332. The number of likely N-dealkylation sites (tertiary alicyclic amines) is 1. The number of nitrogens with zero attached hydrogens (tertiary/aromatic N) is 1. The van der Waals surface area contributed by atoms with Crippen LogP contribution in [-0.2, 0) is 6.54 Å². The fourth-order valence-electron chi connectivity index (χ4n) is 3.21. The minimum Gasteiger partial charge on any atom is -0.508 e. The van der Waals surface area contributed by atoms with Gasteiger partial charge in [-0.25, -0.2) is 0 Å². The van der Waals surface area contributed by atoms with Crippen molar-refractivity contribution in [2.45, 2.75) is 25.4 Å². The Bertz CT molecular complexity index is 579. The molecule has 0 aliphatic carbocycles. The molecular weight excluding hydrogens is 272 g/mol. The van der Waals surface area contributed by atoms with Gasteiger partial charge in [0.1, 0.15) is 5.75 Å². The Hall–Kier alpha value is -1.84. The first-order valence-corrected chi connectivity index (χ1v) is 8.10. The Morgan fingerprint density at radius 1 is 1.00 bits per heavy atom. The number of benzene rings is 2. The van der Waals surface area contributed by atoms with Gasteiger partial charge in [0, 0.05) is 19.1 Å². The zero-order valence-electron chi connectivity index (χ0n) is 12.9. The molecule has 0 bridgehead atoms. The molecular formula is C19H24N2O. The molecule has 116 valence electrons. The summed E-state index contributed by atoms with van der Waals surface area (Å²) in [5.74, 6) is 0.332. The standard InChI is InChI=1S/C19H24N2O/c22-18-10-6-7-16(13-18)14-20-15-19(21-11-4-5-12-21)17-8-2-1-3-9-17/h1-3,6-10,13,19-20,22H,4-5,11-12,14-15H2. The first-order valence-electron chi connectivity index (χ1n) is 8.10. The van der Waals surface area contributed by atoms with E-state index < -0.39 is 0 Å². The van der Waals surface area contributed by atoms with E-state index in [0.29, 0.717) is 11.8 Å². The van der Waals surface area contributed by atoms with Gasteiger partial charge in [0.15, 0.2) is 0 Å². The predicted molar refractivity (Wildman–Crippen MR) is 89.8 cm³/mol. The van der Waals surface area contributed by atoms with E-state index in [2.05, 4.69) is 40.5 Å². The van der Waals surface area contributed by atoms with Gasteiger partial charge in [-0.05, 0) is 49.2 Å². The summed E-state index contributed by atoms with van der Waals surface area (Å²) in [5, 5.41) is 13.1. The summed E-state index contributed by atoms with van der Waals surface area (Å²) in [7, 11) is 0. The second-order valence-electron chi connectivity index (χ2n) is 5.97. The van der Waals surface area contributed by atoms with E-state index in [1.54, 1.807) is 6.07 Å². The molecule has 0 spiro atoms. The SMILES string of the molecule is Oc1cccc(CNCC(c2ccccc2)N2CCCC2)c1. The predicted octanol–water partition coefficient (Wildman–Crippen LogP) is 3.32. The van der Waals surface area contributed by atoms with Crippen molar-refractivity contribution in [3.05, 3.63) is 65.7 Å². The summed E-state index contributed by atoms with van der Waals surface area (Å²) in [6.45, 7) is 4.09. The van der Waals surface area contributed by atoms with Gasteiger partial charge in [0.05, 0.1) is 0 Å². The lowest BCUT2D eigenvalue weighted by Crippen LogP contribution is -2.34. The number of hydrogen-bond acceptors (Lipinski definition) is 3. The topological polar surface area (TPSA) is 35.5 Å². The molecule has 1 atom stereocenters. The van der Waals surface area contributed by atoms with Crippen molar-refractivity contribution < 1.29 is 5.11 Å². The molecule has 2 aromatic rings. The molecule has 1 unspecified atom stereocenters. The van der Waals surface area contributed by atoms with Crippen LogP contribution in [0.5, 0.6) is 5.75 Å². The van der Waals surface area contributed by atoms with Gasteiger partial charge in [-0.15, -0.1) is 0 Å². The largest absolute Gasteiger partial charge is 0.508 e. The van der Waals surface area contributed by atoms with E-state index >= 15 is 0 Å². The Kier molecular flexibility index (Phi) is 5.09. The Balaban J connectivity index is 1.63. The van der Waals surface area contributed by atoms with Crippen molar-refractivity contribution in [1.82, 2.24) is 10.2 Å². The maximum Gasteiger partial charge on any atom is 0.115 e. The lowest BCUT2D eigenvalue weighted by atomic mass is 10.1. The summed E-state index contributed by atoms with van der Waals surface area (Å²) < 4.78 is 0. The zero-order chi connectivity index (χ0) is 15.2. The first kappa shape index (κ1) is 15.1. The molecule has 1 aliphatic rings. The van der Waals surface area contributed by atoms with E-state index in [0.717, 1.165) is 18.7 Å². The number of rotatable bonds is 6. The molecule has 3 rings (SSSR count). The normalized spacial score (nSPS) is 16.7. The van der Waals surface area contributed by atoms with Crippen LogP contribution in [0, 0.1) is 0 Å². The maximum absolute atomic E-state index is 9.54. The van der Waals surface area contributed by atoms with E-state index in [9.17, 15) is 5.11 Å². The van der Waals surface area contributed by atoms with Crippen molar-refractivity contribution in [2.24, 2.45) is 0 Å². The third-order valence-electron chi connectivity index (χ3n) is 4.34. The molecule has 2 aromatic carbocycles. The summed E-state index contributed by atoms with van der Waals surface area (Å²) in [6.07, 6.45) is 2.60. The molecule has 0 aromatic heterocycles. The van der Waals surface area contributed by atoms with Crippen molar-refractivity contribution >= 4 is 0 Å². The summed E-state index contributed by atoms with van der Waals surface area (Å²) in [5.41, 5.74) is 2.50. The molecule has 2 N–H and O–H groups in total. The fourth-order valence-corrected chi connectivity index (χ4v) is 3.21. The summed E-state index contributed by atoms with van der Waals surface area (Å²) >= 11 is 0. The highest BCUT2D eigenvalue weighted by atomic mass is 16.3. The summed E-state index contributed by atoms with van der Waals surface area (Å²) in [4.78, 5) is 2.57. The van der Waals surface area contributed by atoms with Crippen LogP contribution < -0.4 is 5.32 Å². The first-order chi connectivity index (χ1) is 10.8. The Labute approximate surface area is 132 Å². The lowest BCUT2D eigenvalue weighted by molar-refractivity contribution is 0.238. The highest BCUT2D eigenvalue weighted by molar-refractivity contribution is 5.27. The maximum atomic E-state index is 9.54. The van der Waals surface area contributed by atoms with Gasteiger partial charge in [0.2, 0.25) is 0 Å². The van der Waals surface area contributed by atoms with Crippen LogP contribution in [-0.4, -0.2) is 29.6 Å². The molecule has 1 heterocycles. The quantitative estimate of drug-likeness (QED) is 0.858. The van der Waals surface area contributed by atoms with Crippen LogP contribution in [0.3, 0.4) is 0 Å². The second kappa shape index (κ2) is 7.43. The Morgan fingerprint density at radius 2 is 1.77 bits per heavy atom. The minimum absolute atomic E-state index is 0.332. The van der Waals surface area contributed by atoms with Crippen molar-refractivity contribution in [1.29, 1.82) is 0 Å². The van der Waals surface area contributed by atoms with Gasteiger partial charge in [-0.3, -0.25) is 4.90 Å². The van der Waals surface area contributed by atoms with Crippen molar-refractivity contribution in [3.63, 3.8) is 0 Å². The highest BCUT2D eigenvalue weighted by Crippen LogP contribution is 2.24. The number of phenolic OH excluding ortho intramolecular Hbond substituents is 1. The van der Waals surface area contributed by atoms with E-state index in [4.69, 9.17) is 0 Å². The van der Waals surface area contributed by atoms with E-state index in [1.807, 2.05) is 18.2 Å². The molecule has 3 heteroatoms. The number of nitrogens with one attached hydrogen (secondary N) is 1. The van der Waals surface area contributed by atoms with Crippen LogP contribution >= 0.6 is 0 Å². The van der Waals surface area contributed by atoms with Gasteiger partial charge < -0.3 is 10.4 Å². The second-order valence-corrected chi connectivity index (χ2v) is 5.97. The summed E-state index contributed by atoms with van der Waals surface area (Å²) in [6, 6.07) is 18.6. The fraction of sp³-hybridized carbons (Fsp3) is 0.368. The highest BCUT2D eigenvalue weighted by Gasteiger charge is 2.22. The van der Waals surface area contributed by atoms with E-state index in [-0.39, 0.29) is 0 Å². The molecule has 1 fully saturated rings. The van der Waals surface area contributed by atoms with Gasteiger partial charge in [-0.1, -0.05) is 42.5 Å². The van der Waals surface area contributed by atoms with Crippen LogP contribution in [0.2, 0.25) is 0 Å². The average molecular weight is 296 g/mol. The smallest absolute Gasteiger partial charge is 0.115 e. The molecule has 22 heavy (non-hydrogen) atoms. The van der Waals surface area contributed by atoms with Crippen LogP contribution in [0.1, 0.15) is 30.0 Å². The number of phenols is 1. The van der Waals surface area contributed by atoms with Crippen molar-refractivity contribution in [2.75, 3.05) is 19.6 Å². The Morgan fingerprint density at radius 3 is 2.50 bits per heavy atom. The van der Waals surface area contributed by atoms with Crippen molar-refractivity contribution in [3.8, 4) is 5.75 Å². The molecule has 0 saturated carbocycles. The molecule has 0 radical (unpaired) electrons. The monoisotopic (exact) mass is 296 g/mol. The number of aromatic hydroxyl groups is 1. The van der Waals surface area contributed by atoms with Gasteiger partial charge in [0.25, 0.3) is 0 Å². The van der Waals surface area contributed by atoms with E-state index in [1.165, 1.54) is 31.5 Å². The zero-order valence-corrected chi connectivity index (χ0v) is 12.9. The molecule has 1 aliphatic heterocycles. The van der Waals surface area contributed by atoms with Crippen LogP contribution in [0.15, 0.2) is 54.6 Å². The third-order valence-corrected chi connectivity index (χ3v) is 4.34. The van der Waals surface area contributed by atoms with Crippen LogP contribution in [0.4, 0.5) is 0 Å². The molecule has 0 amide bonds. The third kappa shape index (κ3) is 3.87. The van der Waals surface area contributed by atoms with Gasteiger partial charge in [-0.2, -0.15) is 0 Å². The van der Waals surface area contributed by atoms with Gasteiger partial charge >= 0.3 is 0 Å². The van der Waals surface area contributed by atoms with Crippen LogP contribution in [0.25, 0.3) is 0 Å². The number of hydrogen-bond donors (Lipinski definition) is 2. The molecule has 1 saturated heterocycles.